The van der Waals surface area contributed by atoms with Crippen LogP contribution < -0.4 is 9.64 Å². The third-order valence-corrected chi connectivity index (χ3v) is 12.0. The van der Waals surface area contributed by atoms with Crippen molar-refractivity contribution in [1.29, 1.82) is 0 Å². The number of aliphatic hydroxyl groups excluding tert-OH is 1. The molecule has 2 unspecified atom stereocenters. The molecule has 9 heteroatoms. The molecular weight excluding hydrogens is 623 g/mol. The van der Waals surface area contributed by atoms with Crippen molar-refractivity contribution in [3.05, 3.63) is 121 Å². The van der Waals surface area contributed by atoms with E-state index in [0.29, 0.717) is 37.4 Å². The van der Waals surface area contributed by atoms with E-state index in [2.05, 4.69) is 13.2 Å². The number of methoxy groups -OCH3 is 1. The Morgan fingerprint density at radius 1 is 0.979 bits per heavy atom. The third-order valence-electron chi connectivity index (χ3n) is 10.0. The molecule has 48 heavy (non-hydrogen) atoms. The van der Waals surface area contributed by atoms with Crippen LogP contribution in [0.15, 0.2) is 110 Å². The molecule has 3 heterocycles. The highest BCUT2D eigenvalue weighted by Crippen LogP contribution is 2.67. The van der Waals surface area contributed by atoms with Gasteiger partial charge in [-0.2, -0.15) is 0 Å². The lowest BCUT2D eigenvalue weighted by atomic mass is 9.70. The van der Waals surface area contributed by atoms with Crippen molar-refractivity contribution in [3.8, 4) is 5.75 Å². The van der Waals surface area contributed by atoms with Crippen molar-refractivity contribution in [2.45, 2.75) is 47.9 Å². The highest BCUT2D eigenvalue weighted by Gasteiger charge is 2.74. The van der Waals surface area contributed by atoms with Gasteiger partial charge in [0.15, 0.2) is 0 Å². The maximum Gasteiger partial charge on any atom is 0.251 e. The van der Waals surface area contributed by atoms with Crippen LogP contribution in [0.2, 0.25) is 0 Å². The molecule has 3 aromatic carbocycles. The number of ether oxygens (including phenoxy) is 1. The summed E-state index contributed by atoms with van der Waals surface area (Å²) in [5.74, 6) is -1.19. The van der Waals surface area contributed by atoms with Gasteiger partial charge in [-0.3, -0.25) is 14.4 Å². The molecule has 3 aromatic rings. The van der Waals surface area contributed by atoms with Gasteiger partial charge in [0.25, 0.3) is 5.91 Å². The zero-order valence-corrected chi connectivity index (χ0v) is 28.1. The lowest BCUT2D eigenvalue weighted by Gasteiger charge is -2.39. The molecule has 3 fully saturated rings. The Labute approximate surface area is 287 Å². The molecule has 3 aliphatic rings. The van der Waals surface area contributed by atoms with E-state index < -0.39 is 28.7 Å². The fraction of sp³-hybridized carbons (Fsp3) is 0.359. The van der Waals surface area contributed by atoms with Gasteiger partial charge < -0.3 is 24.5 Å². The molecule has 6 rings (SSSR count). The third kappa shape index (κ3) is 6.05. The Morgan fingerprint density at radius 2 is 1.62 bits per heavy atom. The quantitative estimate of drug-likeness (QED) is 0.241. The van der Waals surface area contributed by atoms with Gasteiger partial charge in [0, 0.05) is 30.6 Å². The number of carbonyl (C=O) groups excluding carboxylic acids is 3. The Kier molecular flexibility index (Phi) is 10.1. The van der Waals surface area contributed by atoms with Crippen LogP contribution in [0.25, 0.3) is 0 Å². The number of nitrogens with zero attached hydrogens (tertiary/aromatic N) is 3. The Morgan fingerprint density at radius 3 is 2.23 bits per heavy atom. The molecule has 0 aromatic heterocycles. The van der Waals surface area contributed by atoms with Gasteiger partial charge in [-0.25, -0.2) is 0 Å². The lowest BCUT2D eigenvalue weighted by molar-refractivity contribution is -0.145. The van der Waals surface area contributed by atoms with E-state index in [1.165, 1.54) is 0 Å². The predicted octanol–water partition coefficient (Wildman–Crippen LogP) is 5.12. The van der Waals surface area contributed by atoms with Gasteiger partial charge in [-0.1, -0.05) is 72.8 Å². The number of likely N-dealkylation sites (tertiary alicyclic amines) is 1. The Bertz CT molecular complexity index is 1630. The first-order chi connectivity index (χ1) is 23.4. The molecule has 3 saturated heterocycles. The van der Waals surface area contributed by atoms with Crippen molar-refractivity contribution in [1.82, 2.24) is 9.80 Å². The summed E-state index contributed by atoms with van der Waals surface area (Å²) in [7, 11) is 1.59. The summed E-state index contributed by atoms with van der Waals surface area (Å²) in [5, 5.41) is 10.8. The second kappa shape index (κ2) is 14.4. The first-order valence-electron chi connectivity index (χ1n) is 16.5. The summed E-state index contributed by atoms with van der Waals surface area (Å²) < 4.78 is 4.54. The van der Waals surface area contributed by atoms with E-state index in [4.69, 9.17) is 4.74 Å². The fourth-order valence-electron chi connectivity index (χ4n) is 7.95. The maximum atomic E-state index is 15.0. The number of aliphatic hydroxyl groups is 1. The second-order valence-electron chi connectivity index (χ2n) is 12.8. The number of thioether (sulfide) groups is 1. The molecule has 2 bridgehead atoms. The van der Waals surface area contributed by atoms with E-state index in [9.17, 15) is 14.7 Å². The fourth-order valence-corrected chi connectivity index (χ4v) is 10.1. The molecule has 3 aliphatic heterocycles. The van der Waals surface area contributed by atoms with Crippen molar-refractivity contribution in [2.75, 3.05) is 31.7 Å². The van der Waals surface area contributed by atoms with Gasteiger partial charge in [0.2, 0.25) is 11.8 Å². The van der Waals surface area contributed by atoms with E-state index in [-0.39, 0.29) is 36.1 Å². The van der Waals surface area contributed by atoms with Gasteiger partial charge in [-0.15, -0.1) is 24.9 Å². The monoisotopic (exact) mass is 665 g/mol. The van der Waals surface area contributed by atoms with Crippen LogP contribution in [-0.4, -0.2) is 81.5 Å². The number of fused-ring (bicyclic) bond motifs is 1. The number of amides is 3. The molecule has 0 aliphatic carbocycles. The highest BCUT2D eigenvalue weighted by atomic mass is 32.2. The van der Waals surface area contributed by atoms with Gasteiger partial charge in [0.1, 0.15) is 11.8 Å². The van der Waals surface area contributed by atoms with Gasteiger partial charge in [0.05, 0.1) is 36.3 Å². The second-order valence-corrected chi connectivity index (χ2v) is 14.4. The molecule has 0 radical (unpaired) electrons. The van der Waals surface area contributed by atoms with E-state index in [1.807, 2.05) is 72.8 Å². The van der Waals surface area contributed by atoms with Crippen LogP contribution in [0.3, 0.4) is 0 Å². The van der Waals surface area contributed by atoms with Crippen LogP contribution in [0.1, 0.15) is 24.0 Å². The largest absolute Gasteiger partial charge is 0.497 e. The normalized spacial score (nSPS) is 24.5. The van der Waals surface area contributed by atoms with E-state index in [0.717, 1.165) is 17.5 Å². The van der Waals surface area contributed by atoms with Crippen LogP contribution >= 0.6 is 11.8 Å². The predicted molar refractivity (Wildman–Crippen MR) is 190 cm³/mol. The van der Waals surface area contributed by atoms with Crippen LogP contribution in [0, 0.1) is 11.8 Å². The average molecular weight is 666 g/mol. The SMILES string of the molecule is C=CCN(Cc1ccccc1)C(=O)[C@@H]1[C@@H]2CCC3(S2)C(C(=O)N(CC=C)c2ccc(OC)cc2)N([C@@H](CO)Cc2ccccc2)C(=O)[C@H]13. The minimum Gasteiger partial charge on any atom is -0.497 e. The summed E-state index contributed by atoms with van der Waals surface area (Å²) in [6.45, 7) is 8.49. The molecule has 1 spiro atoms. The van der Waals surface area contributed by atoms with E-state index >= 15 is 4.79 Å². The van der Waals surface area contributed by atoms with Gasteiger partial charge >= 0.3 is 0 Å². The van der Waals surface area contributed by atoms with Gasteiger partial charge in [-0.05, 0) is 54.7 Å². The maximum absolute atomic E-state index is 15.0. The number of rotatable bonds is 14. The Hall–Kier alpha value is -4.34. The van der Waals surface area contributed by atoms with Crippen LogP contribution in [-0.2, 0) is 27.3 Å². The molecule has 250 valence electrons. The number of carbonyl (C=O) groups is 3. The average Bonchev–Trinajstić information content (AvgIpc) is 3.77. The summed E-state index contributed by atoms with van der Waals surface area (Å²) >= 11 is 1.63. The van der Waals surface area contributed by atoms with Crippen molar-refractivity contribution in [2.24, 2.45) is 11.8 Å². The summed E-state index contributed by atoms with van der Waals surface area (Å²) in [5.41, 5.74) is 2.60. The van der Waals surface area contributed by atoms with Crippen molar-refractivity contribution in [3.63, 3.8) is 0 Å². The van der Waals surface area contributed by atoms with Crippen LogP contribution in [0.5, 0.6) is 5.75 Å². The lowest BCUT2D eigenvalue weighted by Crippen LogP contribution is -2.58. The highest BCUT2D eigenvalue weighted by molar-refractivity contribution is 8.02. The van der Waals surface area contributed by atoms with E-state index in [1.54, 1.807) is 57.9 Å². The number of hydrogen-bond acceptors (Lipinski definition) is 6. The smallest absolute Gasteiger partial charge is 0.251 e. The summed E-state index contributed by atoms with van der Waals surface area (Å²) in [4.78, 5) is 49.6. The number of benzene rings is 3. The van der Waals surface area contributed by atoms with Crippen molar-refractivity contribution < 1.29 is 24.2 Å². The minimum atomic E-state index is -0.882. The molecular formula is C39H43N3O5S. The standard InChI is InChI=1S/C39H43N3O5S/c1-4-22-40(25-28-14-10-7-11-15-28)36(44)33-32-20-21-39(48-32)34(33)37(45)42(30(26-43)24-27-12-8-6-9-13-27)35(39)38(46)41(23-5-2)29-16-18-31(47-3)19-17-29/h4-19,30,32-35,43H,1-2,20-26H2,3H3/t30-,32+,33-,34+,35?,39?/m1/s1. The molecule has 0 saturated carbocycles. The number of hydrogen-bond donors (Lipinski definition) is 1. The first kappa shape index (κ1) is 33.6. The topological polar surface area (TPSA) is 90.4 Å². The summed E-state index contributed by atoms with van der Waals surface area (Å²) in [6, 6.07) is 25.2. The zero-order valence-electron chi connectivity index (χ0n) is 27.3. The van der Waals surface area contributed by atoms with Crippen molar-refractivity contribution >= 4 is 35.2 Å². The number of anilines is 1. The Balaban J connectivity index is 1.41. The minimum absolute atomic E-state index is 0.0917. The molecule has 6 atom stereocenters. The summed E-state index contributed by atoms with van der Waals surface area (Å²) in [6.07, 6.45) is 5.12. The zero-order chi connectivity index (χ0) is 33.8. The molecule has 1 N–H and O–H groups in total. The molecule has 3 amide bonds. The first-order valence-corrected chi connectivity index (χ1v) is 17.4. The van der Waals surface area contributed by atoms with Crippen LogP contribution in [0.4, 0.5) is 5.69 Å². The molecule has 8 nitrogen and oxygen atoms in total.